The lowest BCUT2D eigenvalue weighted by atomic mass is 10.0. The molecule has 7 heteroatoms. The van der Waals surface area contributed by atoms with Gasteiger partial charge in [0.1, 0.15) is 6.04 Å². The number of carbonyl (C=O) groups is 3. The number of benzene rings is 2. The zero-order chi connectivity index (χ0) is 24.2. The molecule has 34 heavy (non-hydrogen) atoms. The molecule has 2 N–H and O–H groups in total. The lowest BCUT2D eigenvalue weighted by molar-refractivity contribution is -0.123. The second kappa shape index (κ2) is 13.3. The SMILES string of the molecule is CC(=O)/C=C/C(CCc1ccccc1)NC(=O)[C@H](Cc1ccccc1)NC(=O)N1CCOCC1. The lowest BCUT2D eigenvalue weighted by Crippen LogP contribution is -2.55. The third-order valence-electron chi connectivity index (χ3n) is 5.67. The molecule has 0 spiro atoms. The summed E-state index contributed by atoms with van der Waals surface area (Å²) < 4.78 is 5.32. The number of morpholine rings is 1. The highest BCUT2D eigenvalue weighted by Gasteiger charge is 2.26. The summed E-state index contributed by atoms with van der Waals surface area (Å²) in [5.41, 5.74) is 2.10. The van der Waals surface area contributed by atoms with Crippen LogP contribution in [0.3, 0.4) is 0 Å². The number of hydrogen-bond acceptors (Lipinski definition) is 4. The van der Waals surface area contributed by atoms with Crippen LogP contribution < -0.4 is 10.6 Å². The van der Waals surface area contributed by atoms with Crippen molar-refractivity contribution < 1.29 is 19.1 Å². The molecule has 0 bridgehead atoms. The van der Waals surface area contributed by atoms with Crippen LogP contribution in [0, 0.1) is 0 Å². The van der Waals surface area contributed by atoms with Gasteiger partial charge in [0, 0.05) is 25.6 Å². The summed E-state index contributed by atoms with van der Waals surface area (Å²) in [5.74, 6) is -0.364. The normalized spacial score (nSPS) is 15.5. The van der Waals surface area contributed by atoms with Crippen LogP contribution in [-0.2, 0) is 27.2 Å². The number of allylic oxidation sites excluding steroid dienone is 1. The van der Waals surface area contributed by atoms with E-state index in [-0.39, 0.29) is 23.8 Å². The van der Waals surface area contributed by atoms with Crippen LogP contribution in [0.1, 0.15) is 24.5 Å². The van der Waals surface area contributed by atoms with Crippen molar-refractivity contribution in [3.05, 3.63) is 83.9 Å². The first kappa shape index (κ1) is 25.2. The summed E-state index contributed by atoms with van der Waals surface area (Å²) in [4.78, 5) is 39.4. The van der Waals surface area contributed by atoms with Crippen molar-refractivity contribution in [3.63, 3.8) is 0 Å². The fourth-order valence-electron chi connectivity index (χ4n) is 3.78. The Balaban J connectivity index is 1.71. The van der Waals surface area contributed by atoms with E-state index in [2.05, 4.69) is 10.6 Å². The standard InChI is InChI=1S/C27H33N3O4/c1-21(31)12-14-24(15-13-22-8-4-2-5-9-22)28-26(32)25(20-23-10-6-3-7-11-23)29-27(33)30-16-18-34-19-17-30/h2-12,14,24-25H,13,15-20H2,1H3,(H,28,32)(H,29,33)/b14-12+/t24?,25-/m0/s1. The first-order chi connectivity index (χ1) is 16.5. The number of urea groups is 1. The van der Waals surface area contributed by atoms with E-state index in [4.69, 9.17) is 4.74 Å². The Kier molecular flexibility index (Phi) is 9.85. The van der Waals surface area contributed by atoms with Crippen LogP contribution in [0.2, 0.25) is 0 Å². The summed E-state index contributed by atoms with van der Waals surface area (Å²) in [6.45, 7) is 3.44. The van der Waals surface area contributed by atoms with E-state index in [0.717, 1.165) is 17.5 Å². The van der Waals surface area contributed by atoms with Gasteiger partial charge in [0.25, 0.3) is 0 Å². The monoisotopic (exact) mass is 463 g/mol. The molecule has 2 aromatic carbocycles. The Bertz CT molecular complexity index is 956. The molecule has 180 valence electrons. The molecule has 1 aliphatic rings. The van der Waals surface area contributed by atoms with Gasteiger partial charge in [0.05, 0.1) is 13.2 Å². The molecule has 0 aromatic heterocycles. The summed E-state index contributed by atoms with van der Waals surface area (Å²) in [7, 11) is 0. The number of rotatable bonds is 10. The van der Waals surface area contributed by atoms with Crippen molar-refractivity contribution in [2.24, 2.45) is 0 Å². The van der Waals surface area contributed by atoms with Crippen LogP contribution in [-0.4, -0.2) is 61.0 Å². The Hall–Kier alpha value is -3.45. The largest absolute Gasteiger partial charge is 0.378 e. The highest BCUT2D eigenvalue weighted by molar-refractivity contribution is 5.89. The Labute approximate surface area is 201 Å². The maximum atomic E-state index is 13.3. The molecule has 1 fully saturated rings. The Morgan fingerprint density at radius 2 is 1.56 bits per heavy atom. The number of hydrogen-bond donors (Lipinski definition) is 2. The van der Waals surface area contributed by atoms with E-state index >= 15 is 0 Å². The number of nitrogens with zero attached hydrogens (tertiary/aromatic N) is 1. The molecule has 0 aliphatic carbocycles. The fourth-order valence-corrected chi connectivity index (χ4v) is 3.78. The number of ketones is 1. The number of carbonyl (C=O) groups excluding carboxylic acids is 3. The van der Waals surface area contributed by atoms with Crippen molar-refractivity contribution in [2.45, 2.75) is 38.3 Å². The second-order valence-corrected chi connectivity index (χ2v) is 8.40. The molecule has 1 saturated heterocycles. The molecule has 1 unspecified atom stereocenters. The number of amides is 3. The fraction of sp³-hybridized carbons (Fsp3) is 0.370. The molecule has 3 rings (SSSR count). The summed E-state index contributed by atoms with van der Waals surface area (Å²) in [6.07, 6.45) is 4.96. The first-order valence-electron chi connectivity index (χ1n) is 11.7. The Morgan fingerprint density at radius 1 is 0.941 bits per heavy atom. The predicted molar refractivity (Wildman–Crippen MR) is 131 cm³/mol. The van der Waals surface area contributed by atoms with Gasteiger partial charge in [-0.1, -0.05) is 66.7 Å². The minimum Gasteiger partial charge on any atom is -0.378 e. The van der Waals surface area contributed by atoms with Crippen LogP contribution in [0.25, 0.3) is 0 Å². The lowest BCUT2D eigenvalue weighted by Gasteiger charge is -2.29. The van der Waals surface area contributed by atoms with Crippen molar-refractivity contribution in [1.82, 2.24) is 15.5 Å². The van der Waals surface area contributed by atoms with E-state index in [9.17, 15) is 14.4 Å². The average Bonchev–Trinajstić information content (AvgIpc) is 2.86. The molecule has 7 nitrogen and oxygen atoms in total. The van der Waals surface area contributed by atoms with E-state index in [1.54, 1.807) is 11.0 Å². The van der Waals surface area contributed by atoms with Gasteiger partial charge >= 0.3 is 6.03 Å². The topological polar surface area (TPSA) is 87.7 Å². The van der Waals surface area contributed by atoms with Gasteiger partial charge < -0.3 is 20.3 Å². The summed E-state index contributed by atoms with van der Waals surface area (Å²) >= 11 is 0. The maximum absolute atomic E-state index is 13.3. The van der Waals surface area contributed by atoms with Crippen molar-refractivity contribution in [1.29, 1.82) is 0 Å². The van der Waals surface area contributed by atoms with Crippen molar-refractivity contribution in [2.75, 3.05) is 26.3 Å². The first-order valence-corrected chi connectivity index (χ1v) is 11.7. The van der Waals surface area contributed by atoms with E-state index in [1.807, 2.05) is 60.7 Å². The van der Waals surface area contributed by atoms with Crippen LogP contribution in [0.15, 0.2) is 72.8 Å². The molecule has 3 amide bonds. The van der Waals surface area contributed by atoms with E-state index in [0.29, 0.717) is 39.1 Å². The summed E-state index contributed by atoms with van der Waals surface area (Å²) in [6, 6.07) is 18.2. The zero-order valence-electron chi connectivity index (χ0n) is 19.6. The summed E-state index contributed by atoms with van der Waals surface area (Å²) in [5, 5.41) is 5.94. The van der Waals surface area contributed by atoms with Crippen molar-refractivity contribution in [3.8, 4) is 0 Å². The van der Waals surface area contributed by atoms with E-state index < -0.39 is 6.04 Å². The zero-order valence-corrected chi connectivity index (χ0v) is 19.6. The molecule has 1 aliphatic heterocycles. The minimum absolute atomic E-state index is 0.0829. The number of nitrogens with one attached hydrogen (secondary N) is 2. The van der Waals surface area contributed by atoms with Gasteiger partial charge in [0.2, 0.25) is 5.91 Å². The molecule has 2 atom stereocenters. The number of aryl methyl sites for hydroxylation is 1. The quantitative estimate of drug-likeness (QED) is 0.531. The average molecular weight is 464 g/mol. The van der Waals surface area contributed by atoms with Crippen molar-refractivity contribution >= 4 is 17.7 Å². The molecule has 0 saturated carbocycles. The smallest absolute Gasteiger partial charge is 0.318 e. The van der Waals surface area contributed by atoms with Gasteiger partial charge in [-0.15, -0.1) is 0 Å². The second-order valence-electron chi connectivity index (χ2n) is 8.40. The van der Waals surface area contributed by atoms with Crippen LogP contribution >= 0.6 is 0 Å². The molecular weight excluding hydrogens is 430 g/mol. The predicted octanol–water partition coefficient (Wildman–Crippen LogP) is 2.90. The van der Waals surface area contributed by atoms with Crippen LogP contribution in [0.5, 0.6) is 0 Å². The minimum atomic E-state index is -0.748. The Morgan fingerprint density at radius 3 is 2.18 bits per heavy atom. The third kappa shape index (κ3) is 8.48. The highest BCUT2D eigenvalue weighted by atomic mass is 16.5. The molecule has 1 heterocycles. The van der Waals surface area contributed by atoms with E-state index in [1.165, 1.54) is 13.0 Å². The van der Waals surface area contributed by atoms with Gasteiger partial charge in [-0.25, -0.2) is 4.79 Å². The van der Waals surface area contributed by atoms with Gasteiger partial charge in [-0.2, -0.15) is 0 Å². The third-order valence-corrected chi connectivity index (χ3v) is 5.67. The number of ether oxygens (including phenoxy) is 1. The molecule has 0 radical (unpaired) electrons. The van der Waals surface area contributed by atoms with Gasteiger partial charge in [0.15, 0.2) is 5.78 Å². The van der Waals surface area contributed by atoms with Gasteiger partial charge in [-0.05, 0) is 37.0 Å². The molecular formula is C27H33N3O4. The van der Waals surface area contributed by atoms with Crippen LogP contribution in [0.4, 0.5) is 4.79 Å². The molecule has 2 aromatic rings. The highest BCUT2D eigenvalue weighted by Crippen LogP contribution is 2.09. The maximum Gasteiger partial charge on any atom is 0.318 e. The van der Waals surface area contributed by atoms with Gasteiger partial charge in [-0.3, -0.25) is 9.59 Å².